The number of rotatable bonds is 5. The first-order valence-electron chi connectivity index (χ1n) is 9.38. The highest BCUT2D eigenvalue weighted by Crippen LogP contribution is 2.30. The second kappa shape index (κ2) is 7.32. The van der Waals surface area contributed by atoms with Gasteiger partial charge in [-0.2, -0.15) is 0 Å². The van der Waals surface area contributed by atoms with Crippen molar-refractivity contribution in [3.63, 3.8) is 0 Å². The number of nitrogens with zero attached hydrogens (tertiary/aromatic N) is 3. The van der Waals surface area contributed by atoms with Crippen molar-refractivity contribution >= 4 is 17.5 Å². The van der Waals surface area contributed by atoms with Crippen LogP contribution in [0.2, 0.25) is 0 Å². The number of hydrogen-bond acceptors (Lipinski definition) is 3. The first-order valence-corrected chi connectivity index (χ1v) is 9.38. The SMILES string of the molecule is O=C(C[C@H](C(=O)N1CCc2ccccc21)n1ccnc1)NC1CCCC1. The zero-order valence-corrected chi connectivity index (χ0v) is 14.8. The third kappa shape index (κ3) is 3.36. The Morgan fingerprint density at radius 1 is 1.23 bits per heavy atom. The summed E-state index contributed by atoms with van der Waals surface area (Å²) in [5.74, 6) is -0.106. The molecule has 1 aliphatic heterocycles. The number of amides is 2. The fraction of sp³-hybridized carbons (Fsp3) is 0.450. The lowest BCUT2D eigenvalue weighted by molar-refractivity contribution is -0.128. The number of imidazole rings is 1. The van der Waals surface area contributed by atoms with Gasteiger partial charge in [-0.1, -0.05) is 31.0 Å². The Morgan fingerprint density at radius 2 is 2.04 bits per heavy atom. The molecule has 1 N–H and O–H groups in total. The van der Waals surface area contributed by atoms with E-state index >= 15 is 0 Å². The van der Waals surface area contributed by atoms with Crippen molar-refractivity contribution in [2.45, 2.75) is 50.6 Å². The third-order valence-corrected chi connectivity index (χ3v) is 5.42. The standard InChI is InChI=1S/C20H24N4O2/c25-19(22-16-6-2-3-7-16)13-18(23-12-10-21-14-23)20(26)24-11-9-15-5-1-4-8-17(15)24/h1,4-5,8,10,12,14,16,18H,2-3,6-7,9,11,13H2,(H,22,25)/t18-/m1/s1. The molecule has 2 heterocycles. The number of para-hydroxylation sites is 1. The smallest absolute Gasteiger partial charge is 0.250 e. The van der Waals surface area contributed by atoms with Crippen LogP contribution >= 0.6 is 0 Å². The van der Waals surface area contributed by atoms with Gasteiger partial charge in [-0.25, -0.2) is 4.98 Å². The second-order valence-electron chi connectivity index (χ2n) is 7.15. The van der Waals surface area contributed by atoms with E-state index in [0.29, 0.717) is 6.54 Å². The highest BCUT2D eigenvalue weighted by molar-refractivity contribution is 6.00. The Balaban J connectivity index is 1.52. The summed E-state index contributed by atoms with van der Waals surface area (Å²) in [6, 6.07) is 7.67. The fourth-order valence-corrected chi connectivity index (χ4v) is 4.05. The molecule has 0 bridgehead atoms. The predicted molar refractivity (Wildman–Crippen MR) is 98.8 cm³/mol. The first kappa shape index (κ1) is 16.8. The van der Waals surface area contributed by atoms with E-state index in [9.17, 15) is 9.59 Å². The van der Waals surface area contributed by atoms with Gasteiger partial charge < -0.3 is 14.8 Å². The topological polar surface area (TPSA) is 67.2 Å². The summed E-state index contributed by atoms with van der Waals surface area (Å²) in [6.07, 6.45) is 10.4. The van der Waals surface area contributed by atoms with Gasteiger partial charge >= 0.3 is 0 Å². The molecule has 6 heteroatoms. The third-order valence-electron chi connectivity index (χ3n) is 5.42. The monoisotopic (exact) mass is 352 g/mol. The molecular formula is C20H24N4O2. The van der Waals surface area contributed by atoms with Crippen molar-refractivity contribution in [1.29, 1.82) is 0 Å². The minimum Gasteiger partial charge on any atom is -0.353 e. The lowest BCUT2D eigenvalue weighted by Crippen LogP contribution is -2.40. The number of fused-ring (bicyclic) bond motifs is 1. The molecule has 0 spiro atoms. The van der Waals surface area contributed by atoms with Crippen LogP contribution in [-0.2, 0) is 16.0 Å². The van der Waals surface area contributed by atoms with Gasteiger partial charge in [0.05, 0.1) is 12.7 Å². The van der Waals surface area contributed by atoms with Crippen LogP contribution in [-0.4, -0.2) is 34.0 Å². The summed E-state index contributed by atoms with van der Waals surface area (Å²) in [4.78, 5) is 31.7. The zero-order chi connectivity index (χ0) is 17.9. The van der Waals surface area contributed by atoms with Gasteiger partial charge in [0.1, 0.15) is 6.04 Å². The highest BCUT2D eigenvalue weighted by Gasteiger charge is 2.32. The van der Waals surface area contributed by atoms with Gasteiger partial charge in [-0.05, 0) is 30.9 Å². The van der Waals surface area contributed by atoms with Crippen molar-refractivity contribution in [2.24, 2.45) is 0 Å². The molecule has 1 aromatic heterocycles. The summed E-state index contributed by atoms with van der Waals surface area (Å²) in [5, 5.41) is 3.09. The molecule has 1 atom stereocenters. The molecule has 0 saturated heterocycles. The quantitative estimate of drug-likeness (QED) is 0.899. The number of benzene rings is 1. The molecule has 6 nitrogen and oxygen atoms in total. The maximum atomic E-state index is 13.3. The van der Waals surface area contributed by atoms with Crippen LogP contribution in [0.4, 0.5) is 5.69 Å². The van der Waals surface area contributed by atoms with Gasteiger partial charge in [0.25, 0.3) is 5.91 Å². The lowest BCUT2D eigenvalue weighted by Gasteiger charge is -2.25. The number of anilines is 1. The van der Waals surface area contributed by atoms with E-state index < -0.39 is 6.04 Å². The number of carbonyl (C=O) groups is 2. The Labute approximate surface area is 153 Å². The van der Waals surface area contributed by atoms with E-state index in [4.69, 9.17) is 0 Å². The molecule has 1 saturated carbocycles. The number of carbonyl (C=O) groups excluding carboxylic acids is 2. The van der Waals surface area contributed by atoms with Crippen LogP contribution in [0.25, 0.3) is 0 Å². The minimum atomic E-state index is -0.565. The molecule has 0 unspecified atom stereocenters. The van der Waals surface area contributed by atoms with Crippen molar-refractivity contribution in [2.75, 3.05) is 11.4 Å². The predicted octanol–water partition coefficient (Wildman–Crippen LogP) is 2.46. The van der Waals surface area contributed by atoms with Gasteiger partial charge in [-0.3, -0.25) is 9.59 Å². The van der Waals surface area contributed by atoms with Gasteiger partial charge in [0.15, 0.2) is 0 Å². The summed E-state index contributed by atoms with van der Waals surface area (Å²) in [5.41, 5.74) is 2.14. The molecule has 0 radical (unpaired) electrons. The molecule has 2 aliphatic rings. The van der Waals surface area contributed by atoms with Gasteiger partial charge in [0, 0.05) is 30.7 Å². The van der Waals surface area contributed by atoms with Crippen LogP contribution in [0.15, 0.2) is 43.0 Å². The largest absolute Gasteiger partial charge is 0.353 e. The maximum Gasteiger partial charge on any atom is 0.250 e. The van der Waals surface area contributed by atoms with Crippen LogP contribution in [0.1, 0.15) is 43.7 Å². The summed E-state index contributed by atoms with van der Waals surface area (Å²) < 4.78 is 1.75. The first-order chi connectivity index (χ1) is 12.7. The Hall–Kier alpha value is -2.63. The molecular weight excluding hydrogens is 328 g/mol. The lowest BCUT2D eigenvalue weighted by atomic mass is 10.1. The Kier molecular flexibility index (Phi) is 4.73. The molecule has 2 amide bonds. The molecule has 26 heavy (non-hydrogen) atoms. The summed E-state index contributed by atoms with van der Waals surface area (Å²) >= 11 is 0. The van der Waals surface area contributed by atoms with E-state index in [0.717, 1.165) is 24.9 Å². The zero-order valence-electron chi connectivity index (χ0n) is 14.8. The minimum absolute atomic E-state index is 0.0467. The molecule has 1 aromatic carbocycles. The van der Waals surface area contributed by atoms with Gasteiger partial charge in [-0.15, -0.1) is 0 Å². The van der Waals surface area contributed by atoms with E-state index in [1.165, 1.54) is 18.4 Å². The van der Waals surface area contributed by atoms with E-state index in [-0.39, 0.29) is 24.3 Å². The molecule has 136 valence electrons. The van der Waals surface area contributed by atoms with Crippen LogP contribution < -0.4 is 10.2 Å². The van der Waals surface area contributed by atoms with E-state index in [1.54, 1.807) is 23.3 Å². The van der Waals surface area contributed by atoms with E-state index in [1.807, 2.05) is 23.1 Å². The van der Waals surface area contributed by atoms with Crippen molar-refractivity contribution in [3.8, 4) is 0 Å². The molecule has 4 rings (SSSR count). The van der Waals surface area contributed by atoms with Crippen molar-refractivity contribution in [1.82, 2.24) is 14.9 Å². The maximum absolute atomic E-state index is 13.3. The van der Waals surface area contributed by atoms with Crippen molar-refractivity contribution < 1.29 is 9.59 Å². The number of nitrogens with one attached hydrogen (secondary N) is 1. The Morgan fingerprint density at radius 3 is 2.81 bits per heavy atom. The van der Waals surface area contributed by atoms with E-state index in [2.05, 4.69) is 16.4 Å². The number of aromatic nitrogens is 2. The average molecular weight is 352 g/mol. The highest BCUT2D eigenvalue weighted by atomic mass is 16.2. The molecule has 1 aliphatic carbocycles. The van der Waals surface area contributed by atoms with Gasteiger partial charge in [0.2, 0.25) is 5.91 Å². The van der Waals surface area contributed by atoms with Crippen LogP contribution in [0.5, 0.6) is 0 Å². The second-order valence-corrected chi connectivity index (χ2v) is 7.15. The molecule has 2 aromatic rings. The van der Waals surface area contributed by atoms with Crippen molar-refractivity contribution in [3.05, 3.63) is 48.5 Å². The summed E-state index contributed by atoms with van der Waals surface area (Å²) in [7, 11) is 0. The summed E-state index contributed by atoms with van der Waals surface area (Å²) in [6.45, 7) is 0.660. The fourth-order valence-electron chi connectivity index (χ4n) is 4.05. The average Bonchev–Trinajstić information content (AvgIpc) is 3.39. The Bertz CT molecular complexity index is 781. The number of hydrogen-bond donors (Lipinski definition) is 1. The van der Waals surface area contributed by atoms with Crippen LogP contribution in [0.3, 0.4) is 0 Å². The van der Waals surface area contributed by atoms with Crippen LogP contribution in [0, 0.1) is 0 Å². The normalized spacial score (nSPS) is 17.9. The molecule has 1 fully saturated rings.